The molecule has 1 aliphatic carbocycles. The molecule has 1 unspecified atom stereocenters. The van der Waals surface area contributed by atoms with Crippen molar-refractivity contribution in [2.24, 2.45) is 21.6 Å². The van der Waals surface area contributed by atoms with Crippen LogP contribution in [0.2, 0.25) is 0 Å². The molecule has 0 radical (unpaired) electrons. The van der Waals surface area contributed by atoms with Gasteiger partial charge in [-0.15, -0.1) is 16.8 Å². The van der Waals surface area contributed by atoms with Gasteiger partial charge in [-0.1, -0.05) is 0 Å². The van der Waals surface area contributed by atoms with E-state index in [2.05, 4.69) is 20.4 Å². The summed E-state index contributed by atoms with van der Waals surface area (Å²) in [5.74, 6) is -0.228. The molecule has 2 aromatic rings. The van der Waals surface area contributed by atoms with Crippen LogP contribution in [0.4, 0.5) is 4.39 Å². The summed E-state index contributed by atoms with van der Waals surface area (Å²) in [5, 5.41) is 0. The number of nitrogens with two attached hydrogens (primary N) is 1. The summed E-state index contributed by atoms with van der Waals surface area (Å²) in [7, 11) is -2.37. The first-order valence-electron chi connectivity index (χ1n) is 10.1. The van der Waals surface area contributed by atoms with Crippen molar-refractivity contribution < 1.29 is 17.6 Å². The molecule has 3 N–H and O–H groups in total. The van der Waals surface area contributed by atoms with E-state index < -0.39 is 27.0 Å². The van der Waals surface area contributed by atoms with E-state index in [-0.39, 0.29) is 16.6 Å². The minimum absolute atomic E-state index is 0.165. The Morgan fingerprint density at radius 3 is 2.75 bits per heavy atom. The van der Waals surface area contributed by atoms with Crippen LogP contribution in [0.5, 0.6) is 0 Å². The fraction of sp³-hybridized carbons (Fsp3) is 0.450. The second-order valence-electron chi connectivity index (χ2n) is 8.73. The summed E-state index contributed by atoms with van der Waals surface area (Å²) < 4.78 is 40.9. The highest BCUT2D eigenvalue weighted by atomic mass is 32.2. The topological polar surface area (TPSA) is 122 Å². The van der Waals surface area contributed by atoms with Crippen LogP contribution in [0.1, 0.15) is 37.3 Å². The molecular weight excluding hydrogens is 455 g/mol. The first kappa shape index (κ1) is 21.3. The van der Waals surface area contributed by atoms with E-state index in [1.807, 2.05) is 6.92 Å². The van der Waals surface area contributed by atoms with Gasteiger partial charge in [0.1, 0.15) is 22.7 Å². The lowest BCUT2D eigenvalue weighted by Gasteiger charge is -2.33. The zero-order valence-electron chi connectivity index (χ0n) is 17.8. The minimum atomic E-state index is -3.70. The number of hydrogen-bond acceptors (Lipinski definition) is 9. The molecule has 0 saturated heterocycles. The van der Waals surface area contributed by atoms with Crippen molar-refractivity contribution in [1.29, 1.82) is 0 Å². The average Bonchev–Trinajstić information content (AvgIpc) is 3.41. The molecule has 1 fully saturated rings. The fourth-order valence-corrected chi connectivity index (χ4v) is 6.63. The lowest BCUT2D eigenvalue weighted by Crippen LogP contribution is -2.50. The van der Waals surface area contributed by atoms with Gasteiger partial charge in [0.25, 0.3) is 5.90 Å². The maximum Gasteiger partial charge on any atom is 0.261 e. The predicted molar refractivity (Wildman–Crippen MR) is 120 cm³/mol. The number of aliphatic imine (C=N–C) groups is 2. The molecular formula is C20H23FN6O3S2. The molecule has 3 aliphatic rings. The SMILES string of the molecule is CN1C(N)=N[C@](C)(c2sc(-c3ccnc(C4=NC(C)(C5CC5)NO4)c3)cc2F)CS1(=O)=O. The van der Waals surface area contributed by atoms with Crippen molar-refractivity contribution >= 4 is 33.2 Å². The predicted octanol–water partition coefficient (Wildman–Crippen LogP) is 2.16. The number of guanidine groups is 1. The summed E-state index contributed by atoms with van der Waals surface area (Å²) in [5.41, 5.74) is 8.28. The summed E-state index contributed by atoms with van der Waals surface area (Å²) in [6, 6.07) is 4.91. The second-order valence-corrected chi connectivity index (χ2v) is 11.8. The summed E-state index contributed by atoms with van der Waals surface area (Å²) in [4.78, 5) is 19.7. The number of rotatable bonds is 4. The van der Waals surface area contributed by atoms with Gasteiger partial charge in [0, 0.05) is 24.0 Å². The molecule has 4 heterocycles. The van der Waals surface area contributed by atoms with E-state index in [1.54, 1.807) is 25.3 Å². The second kappa shape index (κ2) is 6.96. The van der Waals surface area contributed by atoms with Gasteiger partial charge in [-0.05, 0) is 50.5 Å². The molecule has 2 aromatic heterocycles. The number of halogens is 1. The van der Waals surface area contributed by atoms with Gasteiger partial charge in [-0.2, -0.15) is 0 Å². The molecule has 170 valence electrons. The van der Waals surface area contributed by atoms with E-state index in [1.165, 1.54) is 13.1 Å². The molecule has 9 nitrogen and oxygen atoms in total. The van der Waals surface area contributed by atoms with Gasteiger partial charge >= 0.3 is 0 Å². The third-order valence-electron chi connectivity index (χ3n) is 6.06. The number of hydroxylamine groups is 1. The standard InChI is InChI=1S/C20H23FN6O3S2/c1-19(10-32(28,29)27(3)18(22)25-19)16-13(21)9-15(31-16)11-6-7-23-14(8-11)17-24-20(2,26-30-17)12-4-5-12/h6-9,12,26H,4-5,10H2,1-3H3,(H2,22,25)/t19-,20?/m0/s1. The quantitative estimate of drug-likeness (QED) is 0.694. The van der Waals surface area contributed by atoms with E-state index >= 15 is 4.39 Å². The molecule has 0 spiro atoms. The summed E-state index contributed by atoms with van der Waals surface area (Å²) >= 11 is 1.14. The number of pyridine rings is 1. The zero-order chi connectivity index (χ0) is 22.9. The van der Waals surface area contributed by atoms with Crippen LogP contribution in [-0.4, -0.2) is 48.0 Å². The number of thiophene rings is 1. The monoisotopic (exact) mass is 478 g/mol. The maximum absolute atomic E-state index is 15.0. The van der Waals surface area contributed by atoms with Gasteiger partial charge in [0.2, 0.25) is 16.0 Å². The fourth-order valence-electron chi connectivity index (χ4n) is 3.98. The Balaban J connectivity index is 1.49. The van der Waals surface area contributed by atoms with E-state index in [9.17, 15) is 8.42 Å². The molecule has 12 heteroatoms. The summed E-state index contributed by atoms with van der Waals surface area (Å²) in [6.45, 7) is 3.57. The molecule has 0 amide bonds. The van der Waals surface area contributed by atoms with Gasteiger partial charge < -0.3 is 10.6 Å². The number of hydrogen-bond donors (Lipinski definition) is 2. The lowest BCUT2D eigenvalue weighted by molar-refractivity contribution is 0.115. The van der Waals surface area contributed by atoms with Gasteiger partial charge in [0.15, 0.2) is 0 Å². The first-order valence-corrected chi connectivity index (χ1v) is 12.6. The molecule has 2 aliphatic heterocycles. The smallest absolute Gasteiger partial charge is 0.261 e. The highest BCUT2D eigenvalue weighted by molar-refractivity contribution is 7.89. The number of nitrogens with zero attached hydrogens (tertiary/aromatic N) is 4. The Labute approximate surface area is 189 Å². The highest BCUT2D eigenvalue weighted by Crippen LogP contribution is 2.43. The van der Waals surface area contributed by atoms with E-state index in [4.69, 9.17) is 10.6 Å². The maximum atomic E-state index is 15.0. The Morgan fingerprint density at radius 2 is 2.06 bits per heavy atom. The van der Waals surface area contributed by atoms with Gasteiger partial charge in [-0.25, -0.2) is 27.1 Å². The highest BCUT2D eigenvalue weighted by Gasteiger charge is 2.46. The number of nitrogens with one attached hydrogen (secondary N) is 1. The van der Waals surface area contributed by atoms with Gasteiger partial charge in [0.05, 0.1) is 10.6 Å². The van der Waals surface area contributed by atoms with Crippen LogP contribution in [0.25, 0.3) is 10.4 Å². The van der Waals surface area contributed by atoms with Crippen molar-refractivity contribution in [3.63, 3.8) is 0 Å². The number of sulfonamides is 1. The third-order valence-corrected chi connectivity index (χ3v) is 9.43. The Kier molecular flexibility index (Phi) is 4.63. The van der Waals surface area contributed by atoms with Crippen LogP contribution in [0.15, 0.2) is 34.4 Å². The van der Waals surface area contributed by atoms with Crippen molar-refractivity contribution in [3.8, 4) is 10.4 Å². The van der Waals surface area contributed by atoms with Crippen molar-refractivity contribution in [2.75, 3.05) is 12.8 Å². The van der Waals surface area contributed by atoms with Gasteiger partial charge in [-0.3, -0.25) is 4.98 Å². The Morgan fingerprint density at radius 1 is 1.31 bits per heavy atom. The lowest BCUT2D eigenvalue weighted by atomic mass is 10.0. The van der Waals surface area contributed by atoms with E-state index in [0.717, 1.165) is 28.5 Å². The minimum Gasteiger partial charge on any atom is -0.384 e. The first-order chi connectivity index (χ1) is 15.0. The Bertz CT molecular complexity index is 1270. The van der Waals surface area contributed by atoms with Crippen molar-refractivity contribution in [1.82, 2.24) is 14.8 Å². The molecule has 1 saturated carbocycles. The normalized spacial score (nSPS) is 29.4. The molecule has 32 heavy (non-hydrogen) atoms. The van der Waals surface area contributed by atoms with Crippen LogP contribution >= 0.6 is 11.3 Å². The Hall–Kier alpha value is -2.57. The van der Waals surface area contributed by atoms with Crippen LogP contribution in [0, 0.1) is 11.7 Å². The van der Waals surface area contributed by atoms with Crippen molar-refractivity contribution in [3.05, 3.63) is 40.8 Å². The zero-order valence-corrected chi connectivity index (χ0v) is 19.4. The van der Waals surface area contributed by atoms with Crippen LogP contribution in [0.3, 0.4) is 0 Å². The summed E-state index contributed by atoms with van der Waals surface area (Å²) in [6.07, 6.45) is 3.82. The molecule has 5 rings (SSSR count). The van der Waals surface area contributed by atoms with Crippen LogP contribution < -0.4 is 11.2 Å². The molecule has 0 bridgehead atoms. The average molecular weight is 479 g/mol. The van der Waals surface area contributed by atoms with Crippen LogP contribution in [-0.2, 0) is 20.4 Å². The third kappa shape index (κ3) is 3.46. The molecule has 2 atom stereocenters. The van der Waals surface area contributed by atoms with E-state index in [0.29, 0.717) is 28.0 Å². The largest absolute Gasteiger partial charge is 0.384 e. The molecule has 0 aromatic carbocycles. The number of aromatic nitrogens is 1. The van der Waals surface area contributed by atoms with Crippen molar-refractivity contribution in [2.45, 2.75) is 37.9 Å².